The Kier molecular flexibility index (Phi) is 6.21. The molecule has 0 saturated carbocycles. The highest BCUT2D eigenvalue weighted by atomic mass is 32.2. The molecule has 5 nitrogen and oxygen atoms in total. The summed E-state index contributed by atoms with van der Waals surface area (Å²) in [5, 5.41) is 1.89. The van der Waals surface area contributed by atoms with Gasteiger partial charge in [0.1, 0.15) is 0 Å². The lowest BCUT2D eigenvalue weighted by Gasteiger charge is -2.18. The number of fused-ring (bicyclic) bond motifs is 1. The van der Waals surface area contributed by atoms with Crippen molar-refractivity contribution in [2.24, 2.45) is 0 Å². The summed E-state index contributed by atoms with van der Waals surface area (Å²) in [4.78, 5) is 0.244. The third-order valence-corrected chi connectivity index (χ3v) is 5.97. The van der Waals surface area contributed by atoms with Crippen LogP contribution < -0.4 is 14.2 Å². The van der Waals surface area contributed by atoms with Crippen LogP contribution in [0.15, 0.2) is 65.6 Å². The maximum Gasteiger partial charge on any atom is 0.241 e. The molecule has 0 amide bonds. The second kappa shape index (κ2) is 8.63. The molecular formula is C22H25NO4S. The van der Waals surface area contributed by atoms with Gasteiger partial charge in [0.15, 0.2) is 11.5 Å². The summed E-state index contributed by atoms with van der Waals surface area (Å²) in [7, 11) is -3.67. The van der Waals surface area contributed by atoms with E-state index in [4.69, 9.17) is 9.47 Å². The largest absolute Gasteiger partial charge is 0.490 e. The summed E-state index contributed by atoms with van der Waals surface area (Å²) in [6.07, 6.45) is 0. The Balaban J connectivity index is 1.85. The zero-order valence-corrected chi connectivity index (χ0v) is 17.1. The summed E-state index contributed by atoms with van der Waals surface area (Å²) in [5.41, 5.74) is 0.802. The standard InChI is InChI=1S/C22H25NO4S/c1-4-26-21-13-11-18(15-22(21)27-5-2)16(3)23-28(24,25)20-12-10-17-8-6-7-9-19(17)14-20/h6-16,23H,4-5H2,1-3H3/t16-/m0/s1. The van der Waals surface area contributed by atoms with Crippen molar-refractivity contribution in [2.45, 2.75) is 31.7 Å². The summed E-state index contributed by atoms with van der Waals surface area (Å²) < 4.78 is 39.7. The maximum absolute atomic E-state index is 12.9. The predicted molar refractivity (Wildman–Crippen MR) is 111 cm³/mol. The van der Waals surface area contributed by atoms with Crippen LogP contribution in [0.25, 0.3) is 10.8 Å². The van der Waals surface area contributed by atoms with Crippen LogP contribution in [-0.2, 0) is 10.0 Å². The van der Waals surface area contributed by atoms with Crippen LogP contribution in [0.3, 0.4) is 0 Å². The fraction of sp³-hybridized carbons (Fsp3) is 0.273. The summed E-state index contributed by atoms with van der Waals surface area (Å²) in [6.45, 7) is 6.65. The molecule has 0 heterocycles. The topological polar surface area (TPSA) is 64.6 Å². The van der Waals surface area contributed by atoms with Crippen LogP contribution in [0.5, 0.6) is 11.5 Å². The molecule has 3 rings (SSSR count). The van der Waals surface area contributed by atoms with Gasteiger partial charge in [-0.05, 0) is 61.4 Å². The first kappa shape index (κ1) is 20.2. The number of ether oxygens (including phenoxy) is 2. The molecule has 1 N–H and O–H groups in total. The molecule has 148 valence electrons. The minimum atomic E-state index is -3.67. The van der Waals surface area contributed by atoms with Crippen LogP contribution in [0.2, 0.25) is 0 Å². The van der Waals surface area contributed by atoms with Crippen molar-refractivity contribution in [3.8, 4) is 11.5 Å². The molecule has 28 heavy (non-hydrogen) atoms. The number of nitrogens with one attached hydrogen (secondary N) is 1. The van der Waals surface area contributed by atoms with Gasteiger partial charge in [0, 0.05) is 6.04 Å². The SMILES string of the molecule is CCOc1ccc([C@H](C)NS(=O)(=O)c2ccc3ccccc3c2)cc1OCC. The first-order valence-corrected chi connectivity index (χ1v) is 10.8. The monoisotopic (exact) mass is 399 g/mol. The Morgan fingerprint density at radius 2 is 1.54 bits per heavy atom. The highest BCUT2D eigenvalue weighted by molar-refractivity contribution is 7.89. The van der Waals surface area contributed by atoms with E-state index in [1.54, 1.807) is 12.1 Å². The number of hydrogen-bond donors (Lipinski definition) is 1. The van der Waals surface area contributed by atoms with E-state index in [1.165, 1.54) is 0 Å². The minimum absolute atomic E-state index is 0.244. The predicted octanol–water partition coefficient (Wildman–Crippen LogP) is 4.68. The lowest BCUT2D eigenvalue weighted by molar-refractivity contribution is 0.287. The second-order valence-electron chi connectivity index (χ2n) is 6.42. The van der Waals surface area contributed by atoms with E-state index in [2.05, 4.69) is 4.72 Å². The molecule has 0 aliphatic heterocycles. The lowest BCUT2D eigenvalue weighted by Crippen LogP contribution is -2.27. The van der Waals surface area contributed by atoms with E-state index in [9.17, 15) is 8.42 Å². The van der Waals surface area contributed by atoms with E-state index < -0.39 is 16.1 Å². The molecule has 0 saturated heterocycles. The Labute approximate surface area is 166 Å². The number of hydrogen-bond acceptors (Lipinski definition) is 4. The van der Waals surface area contributed by atoms with Crippen LogP contribution in [0, 0.1) is 0 Å². The maximum atomic E-state index is 12.9. The van der Waals surface area contributed by atoms with Gasteiger partial charge in [0.25, 0.3) is 0 Å². The van der Waals surface area contributed by atoms with Crippen LogP contribution in [0.4, 0.5) is 0 Å². The molecule has 3 aromatic carbocycles. The minimum Gasteiger partial charge on any atom is -0.490 e. The van der Waals surface area contributed by atoms with Crippen LogP contribution in [0.1, 0.15) is 32.4 Å². The van der Waals surface area contributed by atoms with Crippen LogP contribution >= 0.6 is 0 Å². The van der Waals surface area contributed by atoms with E-state index in [0.717, 1.165) is 16.3 Å². The van der Waals surface area contributed by atoms with Gasteiger partial charge >= 0.3 is 0 Å². The van der Waals surface area contributed by atoms with Gasteiger partial charge in [-0.3, -0.25) is 0 Å². The molecule has 0 unspecified atom stereocenters. The fourth-order valence-electron chi connectivity index (χ4n) is 3.04. The Hall–Kier alpha value is -2.57. The molecule has 0 aliphatic rings. The smallest absolute Gasteiger partial charge is 0.241 e. The van der Waals surface area contributed by atoms with Gasteiger partial charge in [-0.15, -0.1) is 0 Å². The van der Waals surface area contributed by atoms with Crippen molar-refractivity contribution in [2.75, 3.05) is 13.2 Å². The fourth-order valence-corrected chi connectivity index (χ4v) is 4.31. The van der Waals surface area contributed by atoms with Crippen molar-refractivity contribution in [3.05, 3.63) is 66.2 Å². The van der Waals surface area contributed by atoms with E-state index in [0.29, 0.717) is 24.7 Å². The third kappa shape index (κ3) is 4.46. The molecule has 1 atom stereocenters. The average molecular weight is 400 g/mol. The van der Waals surface area contributed by atoms with Crippen molar-refractivity contribution < 1.29 is 17.9 Å². The van der Waals surface area contributed by atoms with Crippen molar-refractivity contribution >= 4 is 20.8 Å². The third-order valence-electron chi connectivity index (χ3n) is 4.43. The summed E-state index contributed by atoms with van der Waals surface area (Å²) in [5.74, 6) is 1.26. The zero-order valence-electron chi connectivity index (χ0n) is 16.3. The van der Waals surface area contributed by atoms with E-state index in [-0.39, 0.29) is 4.90 Å². The molecule has 0 aromatic heterocycles. The lowest BCUT2D eigenvalue weighted by atomic mass is 10.1. The highest BCUT2D eigenvalue weighted by Crippen LogP contribution is 2.31. The van der Waals surface area contributed by atoms with E-state index in [1.807, 2.05) is 69.3 Å². The first-order valence-electron chi connectivity index (χ1n) is 9.35. The molecule has 0 fully saturated rings. The number of benzene rings is 3. The van der Waals surface area contributed by atoms with Gasteiger partial charge in [0.2, 0.25) is 10.0 Å². The Morgan fingerprint density at radius 3 is 2.25 bits per heavy atom. The quantitative estimate of drug-likeness (QED) is 0.597. The molecule has 3 aromatic rings. The Bertz CT molecular complexity index is 1060. The average Bonchev–Trinajstić information content (AvgIpc) is 2.69. The molecule has 6 heteroatoms. The Morgan fingerprint density at radius 1 is 0.857 bits per heavy atom. The van der Waals surface area contributed by atoms with E-state index >= 15 is 0 Å². The van der Waals surface area contributed by atoms with Gasteiger partial charge < -0.3 is 9.47 Å². The van der Waals surface area contributed by atoms with Crippen molar-refractivity contribution in [1.29, 1.82) is 0 Å². The van der Waals surface area contributed by atoms with Crippen LogP contribution in [-0.4, -0.2) is 21.6 Å². The van der Waals surface area contributed by atoms with Gasteiger partial charge in [-0.1, -0.05) is 36.4 Å². The second-order valence-corrected chi connectivity index (χ2v) is 8.14. The van der Waals surface area contributed by atoms with Gasteiger partial charge in [-0.25, -0.2) is 13.1 Å². The number of rotatable bonds is 8. The first-order chi connectivity index (χ1) is 13.4. The normalized spacial score (nSPS) is 12.7. The summed E-state index contributed by atoms with van der Waals surface area (Å²) in [6, 6.07) is 17.9. The molecular weight excluding hydrogens is 374 g/mol. The molecule has 0 aliphatic carbocycles. The van der Waals surface area contributed by atoms with Crippen molar-refractivity contribution in [1.82, 2.24) is 4.72 Å². The molecule has 0 radical (unpaired) electrons. The highest BCUT2D eigenvalue weighted by Gasteiger charge is 2.20. The zero-order chi connectivity index (χ0) is 20.1. The number of sulfonamides is 1. The van der Waals surface area contributed by atoms with Crippen molar-refractivity contribution in [3.63, 3.8) is 0 Å². The summed E-state index contributed by atoms with van der Waals surface area (Å²) >= 11 is 0. The van der Waals surface area contributed by atoms with Gasteiger partial charge in [0.05, 0.1) is 18.1 Å². The molecule has 0 spiro atoms. The molecule has 0 bridgehead atoms. The van der Waals surface area contributed by atoms with Gasteiger partial charge in [-0.2, -0.15) is 0 Å².